The summed E-state index contributed by atoms with van der Waals surface area (Å²) in [5.41, 5.74) is 26.1. The Bertz CT molecular complexity index is 6330. The number of rotatable bonds is 10. The van der Waals surface area contributed by atoms with Crippen LogP contribution in [-0.2, 0) is 0 Å². The van der Waals surface area contributed by atoms with Crippen molar-refractivity contribution < 1.29 is 0 Å². The Morgan fingerprint density at radius 3 is 0.692 bits per heavy atom. The molecule has 0 aliphatic carbocycles. The van der Waals surface area contributed by atoms with E-state index in [0.717, 1.165) is 33.6 Å². The highest BCUT2D eigenvalue weighted by atomic mass is 15.0. The summed E-state index contributed by atoms with van der Waals surface area (Å²) in [6.07, 6.45) is 0. The summed E-state index contributed by atoms with van der Waals surface area (Å²) in [6, 6.07) is 145. The zero-order valence-electron chi connectivity index (χ0n) is 56.8. The molecule has 482 valence electrons. The molecule has 104 heavy (non-hydrogen) atoms. The number of aromatic nitrogens is 2. The van der Waals surface area contributed by atoms with Crippen LogP contribution in [0.2, 0.25) is 0 Å². The van der Waals surface area contributed by atoms with Crippen LogP contribution in [0, 0.1) is 0 Å². The molecule has 0 fully saturated rings. The van der Waals surface area contributed by atoms with E-state index in [-0.39, 0.29) is 0 Å². The van der Waals surface area contributed by atoms with Gasteiger partial charge in [0, 0.05) is 32.9 Å². The molecule has 19 aromatic carbocycles. The second-order valence-electron chi connectivity index (χ2n) is 27.8. The van der Waals surface area contributed by atoms with Crippen molar-refractivity contribution in [2.24, 2.45) is 0 Å². The molecule has 0 N–H and O–H groups in total. The molecule has 0 amide bonds. The summed E-state index contributed by atoms with van der Waals surface area (Å²) < 4.78 is 4.92. The molecule has 0 saturated carbocycles. The topological polar surface area (TPSA) is 9.86 Å². The fourth-order valence-electron chi connectivity index (χ4n) is 17.2. The minimum absolute atomic E-state index is 1.11. The molecule has 2 heterocycles. The first-order chi connectivity index (χ1) is 51.6. The van der Waals surface area contributed by atoms with Crippen LogP contribution >= 0.6 is 0 Å². The van der Waals surface area contributed by atoms with Gasteiger partial charge in [-0.15, -0.1) is 0 Å². The summed E-state index contributed by atoms with van der Waals surface area (Å²) in [5, 5.41) is 19.7. The molecule has 21 rings (SSSR count). The van der Waals surface area contributed by atoms with Gasteiger partial charge in [-0.3, -0.25) is 0 Å². The molecule has 0 aliphatic heterocycles. The Morgan fingerprint density at radius 1 is 0.135 bits per heavy atom. The van der Waals surface area contributed by atoms with Crippen LogP contribution in [0.3, 0.4) is 0 Å². The van der Waals surface area contributed by atoms with Gasteiger partial charge in [-0.2, -0.15) is 0 Å². The van der Waals surface area contributed by atoms with Gasteiger partial charge in [0.25, 0.3) is 0 Å². The van der Waals surface area contributed by atoms with E-state index in [9.17, 15) is 0 Å². The first-order valence-corrected chi connectivity index (χ1v) is 36.0. The second kappa shape index (κ2) is 24.0. The maximum absolute atomic E-state index is 2.46. The van der Waals surface area contributed by atoms with E-state index < -0.39 is 0 Å². The molecule has 0 saturated heterocycles. The predicted octanol–water partition coefficient (Wildman–Crippen LogP) is 28.1. The number of benzene rings is 19. The standard InChI is InChI=1S/C102H64N2/c1-3-23-71(24-4-1)101-89-53-43-74(66-41-51-80(52-42-66)104-99-57-47-77(87-37-17-29-69-21-9-13-33-83(69)87)63-93(99)94-64-78(48-58-100(94)104)88-38-18-30-70-22-10-14-34-84(70)88)60-96(89)102(72-25-5-2-6-26-72)90-54-44-73(59-95(90)101)65-39-49-79(50-40-65)103-97-55-45-75(85-35-15-27-67-19-7-11-31-81(67)85)61-91(97)92-62-76(46-56-98(92)103)86-36-16-28-68-20-8-12-32-82(68)86/h1-64H. The number of nitrogens with zero attached hydrogens (tertiary/aromatic N) is 2. The molecular formula is C102H64N2. The van der Waals surface area contributed by atoms with Crippen molar-refractivity contribution in [2.75, 3.05) is 0 Å². The van der Waals surface area contributed by atoms with E-state index in [2.05, 4.69) is 397 Å². The Kier molecular flexibility index (Phi) is 13.7. The maximum Gasteiger partial charge on any atom is 0.0541 e. The maximum atomic E-state index is 2.46. The fraction of sp³-hybridized carbons (Fsp3) is 0. The van der Waals surface area contributed by atoms with Gasteiger partial charge in [0.15, 0.2) is 0 Å². The molecule has 0 aliphatic rings. The normalized spacial score (nSPS) is 11.8. The molecule has 21 aromatic rings. The zero-order valence-corrected chi connectivity index (χ0v) is 56.8. The Balaban J connectivity index is 0.681. The van der Waals surface area contributed by atoms with E-state index in [1.165, 1.54) is 175 Å². The van der Waals surface area contributed by atoms with Crippen molar-refractivity contribution in [1.29, 1.82) is 0 Å². The minimum atomic E-state index is 1.11. The van der Waals surface area contributed by atoms with Gasteiger partial charge < -0.3 is 9.13 Å². The number of fused-ring (bicyclic) bond motifs is 12. The highest BCUT2D eigenvalue weighted by Gasteiger charge is 2.23. The van der Waals surface area contributed by atoms with Gasteiger partial charge in [0.05, 0.1) is 22.1 Å². The first-order valence-electron chi connectivity index (χ1n) is 36.0. The van der Waals surface area contributed by atoms with Crippen molar-refractivity contribution in [2.45, 2.75) is 0 Å². The lowest BCUT2D eigenvalue weighted by atomic mass is 9.84. The van der Waals surface area contributed by atoms with Gasteiger partial charge in [0.1, 0.15) is 0 Å². The first kappa shape index (κ1) is 59.2. The third-order valence-electron chi connectivity index (χ3n) is 22.1. The van der Waals surface area contributed by atoms with Crippen LogP contribution < -0.4 is 0 Å². The summed E-state index contributed by atoms with van der Waals surface area (Å²) in [6.45, 7) is 0. The third kappa shape index (κ3) is 9.64. The SMILES string of the molecule is c1ccc(-c2c3ccc(-c4ccc(-n5c6ccc(-c7cccc8ccccc78)cc6c6cc(-c7cccc8ccccc78)ccc65)cc4)cc3c(-c3ccccc3)c3ccc(-c4ccc(-n5c6ccc(-c7cccc8ccccc78)cc6c6cc(-c7cccc8ccccc78)ccc65)cc4)cc23)cc1. The fourth-order valence-corrected chi connectivity index (χ4v) is 17.2. The van der Waals surface area contributed by atoms with Crippen LogP contribution in [0.25, 0.3) is 209 Å². The van der Waals surface area contributed by atoms with Crippen molar-refractivity contribution >= 4 is 108 Å². The largest absolute Gasteiger partial charge is 0.309 e. The lowest BCUT2D eigenvalue weighted by Gasteiger charge is -2.20. The summed E-state index contributed by atoms with van der Waals surface area (Å²) in [4.78, 5) is 0. The number of hydrogen-bond donors (Lipinski definition) is 0. The predicted molar refractivity (Wildman–Crippen MR) is 444 cm³/mol. The monoisotopic (exact) mass is 1320 g/mol. The van der Waals surface area contributed by atoms with Gasteiger partial charge in [0.2, 0.25) is 0 Å². The molecule has 0 radical (unpaired) electrons. The summed E-state index contributed by atoms with van der Waals surface area (Å²) in [7, 11) is 0. The van der Waals surface area contributed by atoms with Gasteiger partial charge >= 0.3 is 0 Å². The zero-order chi connectivity index (χ0) is 68.3. The van der Waals surface area contributed by atoms with Crippen molar-refractivity contribution in [3.05, 3.63) is 388 Å². The van der Waals surface area contributed by atoms with Crippen LogP contribution in [0.5, 0.6) is 0 Å². The molecule has 2 nitrogen and oxygen atoms in total. The second-order valence-corrected chi connectivity index (χ2v) is 27.8. The Hall–Kier alpha value is -13.7. The van der Waals surface area contributed by atoms with Crippen LogP contribution in [-0.4, -0.2) is 9.13 Å². The Morgan fingerprint density at radius 2 is 0.385 bits per heavy atom. The van der Waals surface area contributed by atoms with Gasteiger partial charge in [-0.1, -0.05) is 303 Å². The quantitative estimate of drug-likeness (QED) is 0.121. The van der Waals surface area contributed by atoms with E-state index in [0.29, 0.717) is 0 Å². The summed E-state index contributed by atoms with van der Waals surface area (Å²) >= 11 is 0. The van der Waals surface area contributed by atoms with Crippen LogP contribution in [0.1, 0.15) is 0 Å². The molecular weight excluding hydrogens is 1250 g/mol. The molecule has 0 spiro atoms. The van der Waals surface area contributed by atoms with Crippen LogP contribution in [0.4, 0.5) is 0 Å². The molecule has 0 bridgehead atoms. The average molecular weight is 1320 g/mol. The third-order valence-corrected chi connectivity index (χ3v) is 22.1. The van der Waals surface area contributed by atoms with Gasteiger partial charge in [-0.05, 0) is 239 Å². The van der Waals surface area contributed by atoms with Crippen molar-refractivity contribution in [3.63, 3.8) is 0 Å². The molecule has 0 unspecified atom stereocenters. The molecule has 0 atom stereocenters. The van der Waals surface area contributed by atoms with Crippen molar-refractivity contribution in [3.8, 4) is 100 Å². The van der Waals surface area contributed by atoms with E-state index in [1.54, 1.807) is 0 Å². The summed E-state index contributed by atoms with van der Waals surface area (Å²) in [5.74, 6) is 0. The highest BCUT2D eigenvalue weighted by molar-refractivity contribution is 6.23. The van der Waals surface area contributed by atoms with Crippen molar-refractivity contribution in [1.82, 2.24) is 9.13 Å². The van der Waals surface area contributed by atoms with E-state index in [1.807, 2.05) is 0 Å². The smallest absolute Gasteiger partial charge is 0.0541 e. The lowest BCUT2D eigenvalue weighted by molar-refractivity contribution is 1.18. The van der Waals surface area contributed by atoms with Gasteiger partial charge in [-0.25, -0.2) is 0 Å². The van der Waals surface area contributed by atoms with E-state index >= 15 is 0 Å². The lowest BCUT2D eigenvalue weighted by Crippen LogP contribution is -1.95. The number of hydrogen-bond acceptors (Lipinski definition) is 0. The average Bonchev–Trinajstić information content (AvgIpc) is 1.06. The van der Waals surface area contributed by atoms with Crippen LogP contribution in [0.15, 0.2) is 388 Å². The van der Waals surface area contributed by atoms with E-state index in [4.69, 9.17) is 0 Å². The Labute approximate surface area is 602 Å². The molecule has 2 heteroatoms. The molecule has 2 aromatic heterocycles. The highest BCUT2D eigenvalue weighted by Crippen LogP contribution is 2.48. The minimum Gasteiger partial charge on any atom is -0.309 e.